The van der Waals surface area contributed by atoms with Crippen LogP contribution in [0.4, 0.5) is 0 Å². The SMILES string of the molecule is O=C(/C=C/CNCCOc1ccc(/C(=C(\c2ccccc2)C2CCC2)c2ccc3[nH]ncc3c2)cn1)N1C=CC=CC1. The number of benzene rings is 2. The van der Waals surface area contributed by atoms with Gasteiger partial charge in [0.1, 0.15) is 6.61 Å². The Morgan fingerprint density at radius 1 is 1.02 bits per heavy atom. The van der Waals surface area contributed by atoms with Crippen LogP contribution in [0.25, 0.3) is 22.0 Å². The third-order valence-corrected chi connectivity index (χ3v) is 7.77. The Kier molecular flexibility index (Phi) is 8.67. The maximum absolute atomic E-state index is 12.1. The molecule has 4 aromatic rings. The molecular weight excluding hydrogens is 522 g/mol. The molecule has 0 atom stereocenters. The van der Waals surface area contributed by atoms with Gasteiger partial charge in [0.2, 0.25) is 5.88 Å². The van der Waals surface area contributed by atoms with Gasteiger partial charge >= 0.3 is 0 Å². The van der Waals surface area contributed by atoms with E-state index >= 15 is 0 Å². The molecule has 6 rings (SSSR count). The van der Waals surface area contributed by atoms with Crippen LogP contribution < -0.4 is 10.1 Å². The van der Waals surface area contributed by atoms with Gasteiger partial charge in [-0.15, -0.1) is 0 Å². The van der Waals surface area contributed by atoms with Crippen LogP contribution in [-0.2, 0) is 4.79 Å². The van der Waals surface area contributed by atoms with E-state index in [2.05, 4.69) is 75.1 Å². The molecule has 42 heavy (non-hydrogen) atoms. The number of carbonyl (C=O) groups excluding carboxylic acids is 1. The molecule has 7 heteroatoms. The Morgan fingerprint density at radius 2 is 1.90 bits per heavy atom. The number of fused-ring (bicyclic) bond motifs is 1. The van der Waals surface area contributed by atoms with Crippen LogP contribution in [0.2, 0.25) is 0 Å². The van der Waals surface area contributed by atoms with Crippen molar-refractivity contribution in [3.63, 3.8) is 0 Å². The minimum atomic E-state index is -0.0243. The third-order valence-electron chi connectivity index (χ3n) is 7.77. The molecule has 0 bridgehead atoms. The van der Waals surface area contributed by atoms with Crippen LogP contribution in [0.5, 0.6) is 5.88 Å². The van der Waals surface area contributed by atoms with Crippen molar-refractivity contribution < 1.29 is 9.53 Å². The monoisotopic (exact) mass is 557 g/mol. The Hall–Kier alpha value is -4.75. The summed E-state index contributed by atoms with van der Waals surface area (Å²) in [6, 6.07) is 21.3. The van der Waals surface area contributed by atoms with Gasteiger partial charge in [0.25, 0.3) is 5.91 Å². The second kappa shape index (κ2) is 13.3. The lowest BCUT2D eigenvalue weighted by atomic mass is 9.73. The zero-order valence-corrected chi connectivity index (χ0v) is 23.6. The molecule has 2 aromatic heterocycles. The molecule has 2 N–H and O–H groups in total. The summed E-state index contributed by atoms with van der Waals surface area (Å²) in [4.78, 5) is 18.5. The second-order valence-electron chi connectivity index (χ2n) is 10.6. The molecule has 212 valence electrons. The predicted octanol–water partition coefficient (Wildman–Crippen LogP) is 6.15. The molecule has 2 aliphatic rings. The highest BCUT2D eigenvalue weighted by atomic mass is 16.5. The maximum Gasteiger partial charge on any atom is 0.250 e. The van der Waals surface area contributed by atoms with Crippen LogP contribution in [-0.4, -0.2) is 52.2 Å². The van der Waals surface area contributed by atoms with E-state index in [9.17, 15) is 4.79 Å². The van der Waals surface area contributed by atoms with Gasteiger partial charge in [-0.05, 0) is 65.3 Å². The smallest absolute Gasteiger partial charge is 0.250 e. The first-order chi connectivity index (χ1) is 20.8. The molecule has 0 radical (unpaired) electrons. The number of pyridine rings is 1. The average Bonchev–Trinajstić information content (AvgIpc) is 3.49. The Morgan fingerprint density at radius 3 is 2.67 bits per heavy atom. The van der Waals surface area contributed by atoms with Crippen molar-refractivity contribution in [2.75, 3.05) is 26.2 Å². The largest absolute Gasteiger partial charge is 0.476 e. The summed E-state index contributed by atoms with van der Waals surface area (Å²) in [5, 5.41) is 11.7. The summed E-state index contributed by atoms with van der Waals surface area (Å²) >= 11 is 0. The Labute approximate surface area is 246 Å². The normalized spacial score (nSPS) is 15.7. The zero-order chi connectivity index (χ0) is 28.6. The molecule has 1 aliphatic carbocycles. The predicted molar refractivity (Wildman–Crippen MR) is 168 cm³/mol. The highest BCUT2D eigenvalue weighted by molar-refractivity contribution is 6.01. The quantitative estimate of drug-likeness (QED) is 0.131. The Bertz CT molecular complexity index is 1630. The number of aromatic amines is 1. The second-order valence-corrected chi connectivity index (χ2v) is 10.6. The summed E-state index contributed by atoms with van der Waals surface area (Å²) in [6.07, 6.45) is 18.4. The van der Waals surface area contributed by atoms with E-state index in [0.29, 0.717) is 38.0 Å². The fourth-order valence-corrected chi connectivity index (χ4v) is 5.39. The molecule has 0 unspecified atom stereocenters. The van der Waals surface area contributed by atoms with Gasteiger partial charge in [0.05, 0.1) is 11.7 Å². The minimum Gasteiger partial charge on any atom is -0.476 e. The van der Waals surface area contributed by atoms with E-state index in [1.165, 1.54) is 36.0 Å². The topological polar surface area (TPSA) is 83.1 Å². The third kappa shape index (κ3) is 6.42. The van der Waals surface area contributed by atoms with Gasteiger partial charge in [-0.2, -0.15) is 5.10 Å². The van der Waals surface area contributed by atoms with E-state index in [-0.39, 0.29) is 5.91 Å². The first kappa shape index (κ1) is 27.4. The van der Waals surface area contributed by atoms with Gasteiger partial charge in [-0.1, -0.05) is 61.0 Å². The van der Waals surface area contributed by atoms with Crippen LogP contribution in [0, 0.1) is 5.92 Å². The lowest BCUT2D eigenvalue weighted by Gasteiger charge is -2.31. The van der Waals surface area contributed by atoms with Crippen molar-refractivity contribution in [3.05, 3.63) is 126 Å². The number of hydrogen-bond acceptors (Lipinski definition) is 5. The lowest BCUT2D eigenvalue weighted by Crippen LogP contribution is -2.25. The zero-order valence-electron chi connectivity index (χ0n) is 23.6. The Balaban J connectivity index is 1.15. The van der Waals surface area contributed by atoms with Gasteiger partial charge < -0.3 is 15.0 Å². The number of hydrogen-bond donors (Lipinski definition) is 2. The van der Waals surface area contributed by atoms with Crippen molar-refractivity contribution in [2.45, 2.75) is 19.3 Å². The maximum atomic E-state index is 12.1. The van der Waals surface area contributed by atoms with Crippen LogP contribution in [0.3, 0.4) is 0 Å². The number of nitrogens with zero attached hydrogens (tertiary/aromatic N) is 3. The average molecular weight is 558 g/mol. The van der Waals surface area contributed by atoms with Gasteiger partial charge in [-0.25, -0.2) is 4.98 Å². The standard InChI is InChI=1S/C35H35N5O2/c41-33(40-20-5-2-6-21-40)13-8-18-36-19-22-42-32-17-15-29(24-37-32)35(28-14-16-31-30(23-28)25-38-39-31)34(27-11-7-12-27)26-9-3-1-4-10-26/h1-6,8-10,13-17,20,23-25,27,36H,7,11-12,18-19,21-22H2,(H,38,39)/b13-8+,35-34+. The number of amides is 1. The first-order valence-electron chi connectivity index (χ1n) is 14.6. The molecule has 1 amide bonds. The van der Waals surface area contributed by atoms with E-state index < -0.39 is 0 Å². The lowest BCUT2D eigenvalue weighted by molar-refractivity contribution is -0.123. The van der Waals surface area contributed by atoms with E-state index in [4.69, 9.17) is 4.74 Å². The van der Waals surface area contributed by atoms with Crippen molar-refractivity contribution in [3.8, 4) is 5.88 Å². The van der Waals surface area contributed by atoms with Crippen LogP contribution >= 0.6 is 0 Å². The number of rotatable bonds is 11. The molecule has 0 spiro atoms. The van der Waals surface area contributed by atoms with Gasteiger partial charge in [0, 0.05) is 55.1 Å². The van der Waals surface area contributed by atoms with Crippen molar-refractivity contribution in [1.82, 2.24) is 25.4 Å². The molecule has 0 saturated heterocycles. The number of ether oxygens (including phenoxy) is 1. The molecule has 2 aromatic carbocycles. The fraction of sp³-hybridized carbons (Fsp3) is 0.229. The fourth-order valence-electron chi connectivity index (χ4n) is 5.39. The highest BCUT2D eigenvalue weighted by Gasteiger charge is 2.27. The number of aromatic nitrogens is 3. The van der Waals surface area contributed by atoms with E-state index in [1.54, 1.807) is 17.2 Å². The minimum absolute atomic E-state index is 0.0243. The van der Waals surface area contributed by atoms with E-state index in [1.807, 2.05) is 42.8 Å². The number of nitrogens with one attached hydrogen (secondary N) is 2. The number of carbonyl (C=O) groups is 1. The number of H-pyrrole nitrogens is 1. The molecule has 1 aliphatic heterocycles. The molecular formula is C35H35N5O2. The highest BCUT2D eigenvalue weighted by Crippen LogP contribution is 2.45. The van der Waals surface area contributed by atoms with Gasteiger partial charge in [0.15, 0.2) is 0 Å². The summed E-state index contributed by atoms with van der Waals surface area (Å²) in [5.74, 6) is 1.08. The molecule has 7 nitrogen and oxygen atoms in total. The molecule has 1 fully saturated rings. The summed E-state index contributed by atoms with van der Waals surface area (Å²) in [7, 11) is 0. The van der Waals surface area contributed by atoms with Crippen molar-refractivity contribution >= 4 is 28.0 Å². The summed E-state index contributed by atoms with van der Waals surface area (Å²) in [5.41, 5.74) is 7.11. The summed E-state index contributed by atoms with van der Waals surface area (Å²) in [6.45, 7) is 2.32. The summed E-state index contributed by atoms with van der Waals surface area (Å²) < 4.78 is 5.92. The van der Waals surface area contributed by atoms with Crippen LogP contribution in [0.15, 0.2) is 110 Å². The van der Waals surface area contributed by atoms with E-state index in [0.717, 1.165) is 22.0 Å². The van der Waals surface area contributed by atoms with Crippen LogP contribution in [0.1, 0.15) is 36.0 Å². The van der Waals surface area contributed by atoms with Crippen molar-refractivity contribution in [1.29, 1.82) is 0 Å². The molecule has 1 saturated carbocycles. The first-order valence-corrected chi connectivity index (χ1v) is 14.6. The number of allylic oxidation sites excluding steroid dienone is 3. The van der Waals surface area contributed by atoms with Crippen molar-refractivity contribution in [2.24, 2.45) is 5.92 Å². The molecule has 3 heterocycles. The van der Waals surface area contributed by atoms with Gasteiger partial charge in [-0.3, -0.25) is 9.89 Å².